The normalized spacial score (nSPS) is 32.6. The lowest BCUT2D eigenvalue weighted by Gasteiger charge is -2.25. The van der Waals surface area contributed by atoms with Gasteiger partial charge in [-0.2, -0.15) is 0 Å². The molecule has 0 radical (unpaired) electrons. The van der Waals surface area contributed by atoms with Crippen molar-refractivity contribution in [3.05, 3.63) is 0 Å². The maximum Gasteiger partial charge on any atom is 0.0468 e. The van der Waals surface area contributed by atoms with E-state index in [1.165, 1.54) is 38.5 Å². The highest BCUT2D eigenvalue weighted by molar-refractivity contribution is 4.94. The monoisotopic (exact) mass is 225 g/mol. The van der Waals surface area contributed by atoms with Crippen molar-refractivity contribution in [3.63, 3.8) is 0 Å². The molecule has 2 nitrogen and oxygen atoms in total. The Kier molecular flexibility index (Phi) is 4.66. The van der Waals surface area contributed by atoms with Crippen molar-refractivity contribution in [3.8, 4) is 0 Å². The molecule has 0 aromatic carbocycles. The second-order valence-corrected chi connectivity index (χ2v) is 5.75. The molecule has 1 saturated carbocycles. The standard InChI is InChI=1S/C14H27NO/c1-3-4-13-10-14(13)15-11(2)9-12-5-7-16-8-6-12/h11-15H,3-10H2,1-2H3. The van der Waals surface area contributed by atoms with Crippen LogP contribution >= 0.6 is 0 Å². The largest absolute Gasteiger partial charge is 0.381 e. The van der Waals surface area contributed by atoms with E-state index in [4.69, 9.17) is 4.74 Å². The quantitative estimate of drug-likeness (QED) is 0.750. The number of hydrogen-bond donors (Lipinski definition) is 1. The van der Waals surface area contributed by atoms with E-state index in [0.29, 0.717) is 6.04 Å². The maximum absolute atomic E-state index is 5.40. The van der Waals surface area contributed by atoms with Crippen LogP contribution in [0.4, 0.5) is 0 Å². The van der Waals surface area contributed by atoms with Gasteiger partial charge in [0.2, 0.25) is 0 Å². The molecule has 0 aromatic heterocycles. The summed E-state index contributed by atoms with van der Waals surface area (Å²) in [6.45, 7) is 6.62. The summed E-state index contributed by atoms with van der Waals surface area (Å²) in [6.07, 6.45) is 8.08. The summed E-state index contributed by atoms with van der Waals surface area (Å²) in [5, 5.41) is 3.80. The molecular weight excluding hydrogens is 198 g/mol. The Bertz CT molecular complexity index is 201. The summed E-state index contributed by atoms with van der Waals surface area (Å²) in [6, 6.07) is 1.55. The molecule has 1 aliphatic carbocycles. The average molecular weight is 225 g/mol. The Morgan fingerprint density at radius 2 is 2.06 bits per heavy atom. The van der Waals surface area contributed by atoms with Crippen LogP contribution in [0.15, 0.2) is 0 Å². The smallest absolute Gasteiger partial charge is 0.0468 e. The van der Waals surface area contributed by atoms with E-state index in [-0.39, 0.29) is 0 Å². The maximum atomic E-state index is 5.40. The SMILES string of the molecule is CCCC1CC1NC(C)CC1CCOCC1. The molecule has 0 aromatic rings. The first kappa shape index (κ1) is 12.4. The van der Waals surface area contributed by atoms with Crippen molar-refractivity contribution in [1.82, 2.24) is 5.32 Å². The molecular formula is C14H27NO. The number of nitrogens with one attached hydrogen (secondary N) is 1. The molecule has 1 heterocycles. The molecule has 0 spiro atoms. The molecule has 3 unspecified atom stereocenters. The summed E-state index contributed by atoms with van der Waals surface area (Å²) >= 11 is 0. The van der Waals surface area contributed by atoms with Gasteiger partial charge in [-0.1, -0.05) is 13.3 Å². The van der Waals surface area contributed by atoms with E-state index >= 15 is 0 Å². The summed E-state index contributed by atoms with van der Waals surface area (Å²) in [7, 11) is 0. The summed E-state index contributed by atoms with van der Waals surface area (Å²) in [5.74, 6) is 1.89. The van der Waals surface area contributed by atoms with Gasteiger partial charge in [0.05, 0.1) is 0 Å². The second kappa shape index (κ2) is 6.02. The third-order valence-corrected chi connectivity index (χ3v) is 4.11. The molecule has 2 rings (SSSR count). The average Bonchev–Trinajstić information content (AvgIpc) is 2.98. The van der Waals surface area contributed by atoms with Crippen LogP contribution in [0.2, 0.25) is 0 Å². The minimum atomic E-state index is 0.704. The van der Waals surface area contributed by atoms with Crippen molar-refractivity contribution < 1.29 is 4.74 Å². The molecule has 1 N–H and O–H groups in total. The molecule has 2 heteroatoms. The van der Waals surface area contributed by atoms with E-state index < -0.39 is 0 Å². The second-order valence-electron chi connectivity index (χ2n) is 5.75. The highest BCUT2D eigenvalue weighted by atomic mass is 16.5. The van der Waals surface area contributed by atoms with Crippen LogP contribution in [0.3, 0.4) is 0 Å². The fourth-order valence-corrected chi connectivity index (χ4v) is 3.06. The van der Waals surface area contributed by atoms with Crippen molar-refractivity contribution in [2.75, 3.05) is 13.2 Å². The van der Waals surface area contributed by atoms with Crippen LogP contribution in [0.5, 0.6) is 0 Å². The lowest BCUT2D eigenvalue weighted by molar-refractivity contribution is 0.0611. The van der Waals surface area contributed by atoms with Crippen molar-refractivity contribution in [2.45, 2.75) is 64.5 Å². The third kappa shape index (κ3) is 3.74. The predicted octanol–water partition coefficient (Wildman–Crippen LogP) is 2.97. The third-order valence-electron chi connectivity index (χ3n) is 4.11. The van der Waals surface area contributed by atoms with Gasteiger partial charge in [-0.25, -0.2) is 0 Å². The van der Waals surface area contributed by atoms with Crippen LogP contribution in [0.25, 0.3) is 0 Å². The Hall–Kier alpha value is -0.0800. The number of ether oxygens (including phenoxy) is 1. The molecule has 2 fully saturated rings. The highest BCUT2D eigenvalue weighted by Crippen LogP contribution is 2.35. The molecule has 0 amide bonds. The minimum absolute atomic E-state index is 0.704. The fourth-order valence-electron chi connectivity index (χ4n) is 3.06. The molecule has 16 heavy (non-hydrogen) atoms. The van der Waals surface area contributed by atoms with Gasteiger partial charge >= 0.3 is 0 Å². The van der Waals surface area contributed by atoms with Gasteiger partial charge in [0.1, 0.15) is 0 Å². The molecule has 2 aliphatic rings. The van der Waals surface area contributed by atoms with Gasteiger partial charge in [0.25, 0.3) is 0 Å². The first-order chi connectivity index (χ1) is 7.79. The summed E-state index contributed by atoms with van der Waals surface area (Å²) < 4.78 is 5.40. The number of hydrogen-bond acceptors (Lipinski definition) is 2. The lowest BCUT2D eigenvalue weighted by atomic mass is 9.93. The van der Waals surface area contributed by atoms with Gasteiger partial charge in [-0.3, -0.25) is 0 Å². The van der Waals surface area contributed by atoms with Crippen LogP contribution < -0.4 is 5.32 Å². The van der Waals surface area contributed by atoms with Gasteiger partial charge < -0.3 is 10.1 Å². The van der Waals surface area contributed by atoms with Crippen molar-refractivity contribution in [2.24, 2.45) is 11.8 Å². The summed E-state index contributed by atoms with van der Waals surface area (Å²) in [4.78, 5) is 0. The Balaban J connectivity index is 1.59. The first-order valence-corrected chi connectivity index (χ1v) is 7.13. The van der Waals surface area contributed by atoms with E-state index in [1.54, 1.807) is 0 Å². The van der Waals surface area contributed by atoms with Crippen LogP contribution in [0.1, 0.15) is 52.4 Å². The van der Waals surface area contributed by atoms with Crippen LogP contribution in [-0.4, -0.2) is 25.3 Å². The molecule has 3 atom stereocenters. The molecule has 1 aliphatic heterocycles. The predicted molar refractivity (Wildman–Crippen MR) is 67.6 cm³/mol. The number of rotatable bonds is 6. The lowest BCUT2D eigenvalue weighted by Crippen LogP contribution is -2.32. The van der Waals surface area contributed by atoms with Crippen molar-refractivity contribution >= 4 is 0 Å². The highest BCUT2D eigenvalue weighted by Gasteiger charge is 2.36. The van der Waals surface area contributed by atoms with Gasteiger partial charge in [0, 0.05) is 25.3 Å². The molecule has 94 valence electrons. The zero-order valence-electron chi connectivity index (χ0n) is 10.9. The first-order valence-electron chi connectivity index (χ1n) is 7.13. The van der Waals surface area contributed by atoms with E-state index in [2.05, 4.69) is 19.2 Å². The zero-order chi connectivity index (χ0) is 11.4. The summed E-state index contributed by atoms with van der Waals surface area (Å²) in [5.41, 5.74) is 0. The van der Waals surface area contributed by atoms with E-state index in [0.717, 1.165) is 31.1 Å². The zero-order valence-corrected chi connectivity index (χ0v) is 10.9. The Labute approximate surface area is 100 Å². The van der Waals surface area contributed by atoms with Gasteiger partial charge in [-0.05, 0) is 50.9 Å². The van der Waals surface area contributed by atoms with E-state index in [9.17, 15) is 0 Å². The van der Waals surface area contributed by atoms with Crippen LogP contribution in [-0.2, 0) is 4.74 Å². The van der Waals surface area contributed by atoms with Crippen molar-refractivity contribution in [1.29, 1.82) is 0 Å². The van der Waals surface area contributed by atoms with E-state index in [1.807, 2.05) is 0 Å². The Morgan fingerprint density at radius 1 is 1.31 bits per heavy atom. The van der Waals surface area contributed by atoms with Gasteiger partial charge in [0.15, 0.2) is 0 Å². The topological polar surface area (TPSA) is 21.3 Å². The minimum Gasteiger partial charge on any atom is -0.381 e. The fraction of sp³-hybridized carbons (Fsp3) is 1.00. The van der Waals surface area contributed by atoms with Gasteiger partial charge in [-0.15, -0.1) is 0 Å². The molecule has 0 bridgehead atoms. The Morgan fingerprint density at radius 3 is 2.75 bits per heavy atom. The van der Waals surface area contributed by atoms with Crippen LogP contribution in [0, 0.1) is 11.8 Å². The molecule has 1 saturated heterocycles.